The molecule has 0 saturated carbocycles. The molecule has 3 N–H and O–H groups in total. The average molecular weight is 358 g/mol. The van der Waals surface area contributed by atoms with E-state index in [1.54, 1.807) is 69.8 Å². The van der Waals surface area contributed by atoms with Gasteiger partial charge in [-0.2, -0.15) is 0 Å². The number of nitrogens with one attached hydrogen (secondary N) is 3. The van der Waals surface area contributed by atoms with Crippen LogP contribution >= 0.6 is 0 Å². The standard InChI is InChI=1S/C19H23N3O4/c1-22(12-18(23)20-14-7-9-16(25-2)10-8-14)13-19(24)21-15-5-4-6-17(11-15)26-3/h4-11H,12-13H2,1-3H3,(H,20,23)(H,21,24)/p+1. The van der Waals surface area contributed by atoms with Crippen LogP contribution in [-0.2, 0) is 9.59 Å². The number of likely N-dealkylation sites (N-methyl/N-ethyl adjacent to an activating group) is 1. The first-order valence-corrected chi connectivity index (χ1v) is 8.19. The van der Waals surface area contributed by atoms with Crippen LogP contribution in [0.1, 0.15) is 0 Å². The van der Waals surface area contributed by atoms with E-state index in [2.05, 4.69) is 10.6 Å². The van der Waals surface area contributed by atoms with E-state index in [0.717, 1.165) is 10.6 Å². The Morgan fingerprint density at radius 1 is 0.846 bits per heavy atom. The predicted octanol–water partition coefficient (Wildman–Crippen LogP) is 0.796. The van der Waals surface area contributed by atoms with Crippen molar-refractivity contribution in [2.24, 2.45) is 0 Å². The minimum Gasteiger partial charge on any atom is -0.497 e. The summed E-state index contributed by atoms with van der Waals surface area (Å²) in [6.45, 7) is 0.352. The van der Waals surface area contributed by atoms with Gasteiger partial charge in [0.05, 0.1) is 21.3 Å². The molecule has 26 heavy (non-hydrogen) atoms. The fourth-order valence-electron chi connectivity index (χ4n) is 2.40. The predicted molar refractivity (Wildman–Crippen MR) is 99.9 cm³/mol. The molecule has 0 aliphatic rings. The van der Waals surface area contributed by atoms with Gasteiger partial charge in [-0.25, -0.2) is 0 Å². The zero-order valence-electron chi connectivity index (χ0n) is 15.2. The van der Waals surface area contributed by atoms with Crippen molar-refractivity contribution in [1.82, 2.24) is 0 Å². The Balaban J connectivity index is 1.79. The topological polar surface area (TPSA) is 81.1 Å². The largest absolute Gasteiger partial charge is 0.497 e. The molecule has 0 heterocycles. The highest BCUT2D eigenvalue weighted by Gasteiger charge is 2.14. The van der Waals surface area contributed by atoms with E-state index in [1.165, 1.54) is 0 Å². The average Bonchev–Trinajstić information content (AvgIpc) is 2.62. The first-order chi connectivity index (χ1) is 12.5. The molecule has 1 unspecified atom stereocenters. The number of carbonyl (C=O) groups excluding carboxylic acids is 2. The number of ether oxygens (including phenoxy) is 2. The molecule has 7 heteroatoms. The Morgan fingerprint density at radius 3 is 2.00 bits per heavy atom. The normalized spacial score (nSPS) is 11.3. The Bertz CT molecular complexity index is 747. The number of methoxy groups -OCH3 is 2. The van der Waals surface area contributed by atoms with Crippen molar-refractivity contribution in [3.63, 3.8) is 0 Å². The number of carbonyl (C=O) groups is 2. The van der Waals surface area contributed by atoms with Gasteiger partial charge in [-0.3, -0.25) is 9.59 Å². The van der Waals surface area contributed by atoms with Gasteiger partial charge in [0.1, 0.15) is 11.5 Å². The van der Waals surface area contributed by atoms with Gasteiger partial charge in [-0.05, 0) is 36.4 Å². The molecule has 0 aliphatic heterocycles. The second-order valence-electron chi connectivity index (χ2n) is 5.87. The minimum absolute atomic E-state index is 0.165. The van der Waals surface area contributed by atoms with Crippen LogP contribution in [0.3, 0.4) is 0 Å². The number of rotatable bonds is 8. The summed E-state index contributed by atoms with van der Waals surface area (Å²) in [6.07, 6.45) is 0. The van der Waals surface area contributed by atoms with E-state index in [1.807, 2.05) is 0 Å². The van der Waals surface area contributed by atoms with Crippen LogP contribution in [0.2, 0.25) is 0 Å². The first-order valence-electron chi connectivity index (χ1n) is 8.19. The van der Waals surface area contributed by atoms with Crippen molar-refractivity contribution in [2.75, 3.05) is 45.0 Å². The Morgan fingerprint density at radius 2 is 1.42 bits per heavy atom. The second kappa shape index (κ2) is 9.43. The van der Waals surface area contributed by atoms with Crippen LogP contribution < -0.4 is 25.0 Å². The summed E-state index contributed by atoms with van der Waals surface area (Å²) in [7, 11) is 4.95. The molecule has 2 aromatic carbocycles. The van der Waals surface area contributed by atoms with E-state index in [4.69, 9.17) is 9.47 Å². The molecule has 1 atom stereocenters. The zero-order chi connectivity index (χ0) is 18.9. The second-order valence-corrected chi connectivity index (χ2v) is 5.87. The molecule has 138 valence electrons. The van der Waals surface area contributed by atoms with Gasteiger partial charge in [0.25, 0.3) is 11.8 Å². The van der Waals surface area contributed by atoms with Gasteiger partial charge in [-0.15, -0.1) is 0 Å². The highest BCUT2D eigenvalue weighted by Crippen LogP contribution is 2.16. The lowest BCUT2D eigenvalue weighted by atomic mass is 10.3. The van der Waals surface area contributed by atoms with Crippen molar-refractivity contribution in [2.45, 2.75) is 0 Å². The Labute approximate surface area is 152 Å². The van der Waals surface area contributed by atoms with Crippen molar-refractivity contribution in [3.8, 4) is 11.5 Å². The van der Waals surface area contributed by atoms with E-state index in [-0.39, 0.29) is 24.9 Å². The fraction of sp³-hybridized carbons (Fsp3) is 0.263. The van der Waals surface area contributed by atoms with E-state index >= 15 is 0 Å². The highest BCUT2D eigenvalue weighted by atomic mass is 16.5. The smallest absolute Gasteiger partial charge is 0.279 e. The van der Waals surface area contributed by atoms with Crippen LogP contribution in [-0.4, -0.2) is 46.2 Å². The lowest BCUT2D eigenvalue weighted by Gasteiger charge is -2.14. The van der Waals surface area contributed by atoms with E-state index in [9.17, 15) is 9.59 Å². The number of anilines is 2. The molecule has 0 spiro atoms. The van der Waals surface area contributed by atoms with Crippen molar-refractivity contribution >= 4 is 23.2 Å². The van der Waals surface area contributed by atoms with Crippen molar-refractivity contribution in [3.05, 3.63) is 48.5 Å². The zero-order valence-corrected chi connectivity index (χ0v) is 15.2. The number of benzene rings is 2. The van der Waals surface area contributed by atoms with Crippen molar-refractivity contribution < 1.29 is 24.0 Å². The summed E-state index contributed by atoms with van der Waals surface area (Å²) in [5, 5.41) is 5.60. The van der Waals surface area contributed by atoms with Gasteiger partial charge < -0.3 is 25.0 Å². The number of quaternary nitrogens is 1. The molecule has 2 amide bonds. The minimum atomic E-state index is -0.173. The third kappa shape index (κ3) is 6.10. The summed E-state index contributed by atoms with van der Waals surface area (Å²) in [4.78, 5) is 25.0. The van der Waals surface area contributed by atoms with Crippen molar-refractivity contribution in [1.29, 1.82) is 0 Å². The van der Waals surface area contributed by atoms with E-state index < -0.39 is 0 Å². The van der Waals surface area contributed by atoms with Crippen LogP contribution in [0.4, 0.5) is 11.4 Å². The molecular weight excluding hydrogens is 334 g/mol. The quantitative estimate of drug-likeness (QED) is 0.652. The lowest BCUT2D eigenvalue weighted by molar-refractivity contribution is -0.862. The first kappa shape index (κ1) is 19.3. The Kier molecular flexibility index (Phi) is 6.99. The summed E-state index contributed by atoms with van der Waals surface area (Å²) < 4.78 is 10.2. The van der Waals surface area contributed by atoms with Gasteiger partial charge in [0, 0.05) is 17.4 Å². The molecular formula is C19H24N3O4+. The lowest BCUT2D eigenvalue weighted by Crippen LogP contribution is -3.11. The van der Waals surface area contributed by atoms with Crippen LogP contribution in [0.25, 0.3) is 0 Å². The molecule has 2 rings (SSSR count). The van der Waals surface area contributed by atoms with Crippen LogP contribution in [0.5, 0.6) is 11.5 Å². The third-order valence-corrected chi connectivity index (χ3v) is 3.65. The summed E-state index contributed by atoms with van der Waals surface area (Å²) in [5.41, 5.74) is 1.34. The van der Waals surface area contributed by atoms with Crippen LogP contribution in [0, 0.1) is 0 Å². The summed E-state index contributed by atoms with van der Waals surface area (Å²) >= 11 is 0. The summed E-state index contributed by atoms with van der Waals surface area (Å²) in [5.74, 6) is 1.05. The monoisotopic (exact) mass is 358 g/mol. The number of hydrogen-bond acceptors (Lipinski definition) is 4. The van der Waals surface area contributed by atoms with Crippen LogP contribution in [0.15, 0.2) is 48.5 Å². The number of hydrogen-bond donors (Lipinski definition) is 3. The van der Waals surface area contributed by atoms with Gasteiger partial charge >= 0.3 is 0 Å². The van der Waals surface area contributed by atoms with E-state index in [0.29, 0.717) is 17.1 Å². The maximum atomic E-state index is 12.1. The fourth-order valence-corrected chi connectivity index (χ4v) is 2.40. The van der Waals surface area contributed by atoms with Gasteiger partial charge in [0.15, 0.2) is 13.1 Å². The molecule has 0 radical (unpaired) electrons. The van der Waals surface area contributed by atoms with Gasteiger partial charge in [0.2, 0.25) is 0 Å². The number of amides is 2. The molecule has 0 fully saturated rings. The molecule has 2 aromatic rings. The molecule has 0 saturated heterocycles. The summed E-state index contributed by atoms with van der Waals surface area (Å²) in [6, 6.07) is 14.2. The molecule has 7 nitrogen and oxygen atoms in total. The highest BCUT2D eigenvalue weighted by molar-refractivity contribution is 5.93. The molecule has 0 aliphatic carbocycles. The van der Waals surface area contributed by atoms with Gasteiger partial charge in [-0.1, -0.05) is 6.07 Å². The molecule has 0 bridgehead atoms. The maximum absolute atomic E-state index is 12.1. The Hall–Kier alpha value is -3.06. The third-order valence-electron chi connectivity index (χ3n) is 3.65. The SMILES string of the molecule is COc1ccc(NC(=O)C[NH+](C)CC(=O)Nc2cccc(OC)c2)cc1. The molecule has 0 aromatic heterocycles. The maximum Gasteiger partial charge on any atom is 0.279 e.